The zero-order chi connectivity index (χ0) is 45.4. The molecule has 0 aromatic heterocycles. The summed E-state index contributed by atoms with van der Waals surface area (Å²) in [6, 6.07) is 0. The van der Waals surface area contributed by atoms with E-state index in [1.54, 1.807) is 0 Å². The second-order valence-electron chi connectivity index (χ2n) is 15.9. The lowest BCUT2D eigenvalue weighted by Gasteiger charge is -2.42. The van der Waals surface area contributed by atoms with E-state index in [1.165, 1.54) is 38.5 Å². The van der Waals surface area contributed by atoms with Gasteiger partial charge in [-0.3, -0.25) is 9.59 Å². The van der Waals surface area contributed by atoms with Crippen molar-refractivity contribution < 1.29 is 73.8 Å². The van der Waals surface area contributed by atoms with Gasteiger partial charge in [-0.2, -0.15) is 0 Å². The second kappa shape index (κ2) is 34.6. The molecule has 15 heteroatoms. The maximum Gasteiger partial charge on any atom is 0.306 e. The predicted octanol–water partition coefficient (Wildman–Crippen LogP) is 4.92. The van der Waals surface area contributed by atoms with Crippen LogP contribution in [-0.2, 0) is 38.0 Å². The van der Waals surface area contributed by atoms with Crippen molar-refractivity contribution in [3.05, 3.63) is 60.8 Å². The van der Waals surface area contributed by atoms with E-state index in [1.807, 2.05) is 36.5 Å². The molecule has 0 radical (unpaired) electrons. The van der Waals surface area contributed by atoms with Crippen LogP contribution in [0.2, 0.25) is 0 Å². The molecule has 0 saturated carbocycles. The molecule has 0 aromatic carbocycles. The van der Waals surface area contributed by atoms with Crippen molar-refractivity contribution in [2.24, 2.45) is 0 Å². The van der Waals surface area contributed by atoms with E-state index in [0.717, 1.165) is 51.4 Å². The van der Waals surface area contributed by atoms with Gasteiger partial charge >= 0.3 is 11.9 Å². The Balaban J connectivity index is 1.89. The van der Waals surface area contributed by atoms with Crippen LogP contribution < -0.4 is 0 Å². The quantitative estimate of drug-likeness (QED) is 0.0201. The SMILES string of the molecule is CC/C=C/C=C/C=C/CCCCCCCC(=O)OCC(CO[C@@H]1O[C@H](CO[C@@H]2O[C@H](CO)[C@H](O)C(O)C2O)[C@H](O)C(O)C1O)OC(=O)CC/C=C/C/C=C/CCCCCCCC. The van der Waals surface area contributed by atoms with Gasteiger partial charge in [-0.25, -0.2) is 0 Å². The summed E-state index contributed by atoms with van der Waals surface area (Å²) < 4.78 is 33.3. The Morgan fingerprint density at radius 3 is 1.77 bits per heavy atom. The van der Waals surface area contributed by atoms with Gasteiger partial charge in [0.05, 0.1) is 19.8 Å². The van der Waals surface area contributed by atoms with Gasteiger partial charge < -0.3 is 64.2 Å². The van der Waals surface area contributed by atoms with Crippen molar-refractivity contribution in [2.75, 3.05) is 26.4 Å². The van der Waals surface area contributed by atoms with Crippen LogP contribution in [0.3, 0.4) is 0 Å². The minimum atomic E-state index is -1.78. The van der Waals surface area contributed by atoms with Crippen LogP contribution in [0.1, 0.15) is 129 Å². The van der Waals surface area contributed by atoms with Crippen molar-refractivity contribution >= 4 is 11.9 Å². The van der Waals surface area contributed by atoms with Crippen LogP contribution in [-0.4, -0.2) is 142 Å². The average molecular weight is 883 g/mol. The maximum atomic E-state index is 12.9. The van der Waals surface area contributed by atoms with Gasteiger partial charge in [-0.15, -0.1) is 0 Å². The number of hydrogen-bond donors (Lipinski definition) is 7. The van der Waals surface area contributed by atoms with Crippen LogP contribution in [0.15, 0.2) is 60.8 Å². The number of carbonyl (C=O) groups excluding carboxylic acids is 2. The highest BCUT2D eigenvalue weighted by molar-refractivity contribution is 5.70. The fourth-order valence-electron chi connectivity index (χ4n) is 6.74. The summed E-state index contributed by atoms with van der Waals surface area (Å²) in [5, 5.41) is 71.8. The Labute approximate surface area is 369 Å². The molecular formula is C47H78O15. The number of aliphatic hydroxyl groups is 7. The fourth-order valence-corrected chi connectivity index (χ4v) is 6.74. The van der Waals surface area contributed by atoms with Crippen LogP contribution in [0.5, 0.6) is 0 Å². The molecule has 0 bridgehead atoms. The third-order valence-electron chi connectivity index (χ3n) is 10.6. The molecule has 2 heterocycles. The highest BCUT2D eigenvalue weighted by Crippen LogP contribution is 2.26. The zero-order valence-electron chi connectivity index (χ0n) is 37.1. The van der Waals surface area contributed by atoms with Gasteiger partial charge in [0.25, 0.3) is 0 Å². The molecule has 62 heavy (non-hydrogen) atoms. The van der Waals surface area contributed by atoms with Crippen molar-refractivity contribution in [2.45, 2.75) is 197 Å². The van der Waals surface area contributed by atoms with E-state index in [0.29, 0.717) is 12.8 Å². The summed E-state index contributed by atoms with van der Waals surface area (Å²) in [4.78, 5) is 25.6. The zero-order valence-corrected chi connectivity index (χ0v) is 37.1. The van der Waals surface area contributed by atoms with E-state index < -0.39 is 99.3 Å². The molecule has 5 unspecified atom stereocenters. The van der Waals surface area contributed by atoms with Crippen molar-refractivity contribution in [1.29, 1.82) is 0 Å². The molecular weight excluding hydrogens is 805 g/mol. The highest BCUT2D eigenvalue weighted by Gasteiger charge is 2.47. The lowest BCUT2D eigenvalue weighted by Crippen LogP contribution is -2.61. The summed E-state index contributed by atoms with van der Waals surface area (Å²) >= 11 is 0. The monoisotopic (exact) mass is 883 g/mol. The third kappa shape index (κ3) is 23.2. The largest absolute Gasteiger partial charge is 0.462 e. The Morgan fingerprint density at radius 2 is 1.11 bits per heavy atom. The van der Waals surface area contributed by atoms with E-state index in [-0.39, 0.29) is 19.4 Å². The van der Waals surface area contributed by atoms with Gasteiger partial charge in [0.1, 0.15) is 55.4 Å². The molecule has 2 saturated heterocycles. The van der Waals surface area contributed by atoms with Crippen molar-refractivity contribution in [1.82, 2.24) is 0 Å². The van der Waals surface area contributed by atoms with E-state index in [2.05, 4.69) is 38.2 Å². The van der Waals surface area contributed by atoms with Gasteiger partial charge in [-0.1, -0.05) is 126 Å². The standard InChI is InChI=1S/C47H78O15/c1-3-5-7-9-11-13-15-17-19-21-23-25-27-29-38(49)57-32-35(60-39(50)30-28-26-24-22-20-18-16-14-12-10-8-6-4-2)33-58-46-45(56)43(54)41(52)37(62-46)34-59-47-44(55)42(53)40(51)36(31-48)61-47/h5,7,9,11,13,15,18,20,24,26,35-37,40-48,51-56H,3-4,6,8,10,12,14,16-17,19,21-23,25,27-34H2,1-2H3/b7-5+,11-9+,15-13+,20-18+,26-24+/t35?,36-,37-,40+,41+,42?,43?,44?,45?,46-,47-/m1/s1. The lowest BCUT2D eigenvalue weighted by atomic mass is 9.98. The number of esters is 2. The average Bonchev–Trinajstić information content (AvgIpc) is 3.26. The fraction of sp³-hybridized carbons (Fsp3) is 0.745. The molecule has 0 aliphatic carbocycles. The minimum absolute atomic E-state index is 0.0516. The Hall–Kier alpha value is -2.80. The molecule has 2 aliphatic rings. The second-order valence-corrected chi connectivity index (χ2v) is 15.9. The molecule has 11 atom stereocenters. The van der Waals surface area contributed by atoms with Crippen LogP contribution in [0, 0.1) is 0 Å². The number of rotatable bonds is 33. The minimum Gasteiger partial charge on any atom is -0.462 e. The molecule has 0 amide bonds. The number of unbranched alkanes of at least 4 members (excludes halogenated alkanes) is 11. The molecule has 7 N–H and O–H groups in total. The highest BCUT2D eigenvalue weighted by atomic mass is 16.7. The Kier molecular flexibility index (Phi) is 30.9. The molecule has 15 nitrogen and oxygen atoms in total. The molecule has 0 aromatic rings. The topological polar surface area (TPSA) is 231 Å². The summed E-state index contributed by atoms with van der Waals surface area (Å²) in [6.45, 7) is 2.33. The number of ether oxygens (including phenoxy) is 6. The van der Waals surface area contributed by atoms with Gasteiger partial charge in [0.2, 0.25) is 0 Å². The van der Waals surface area contributed by atoms with Crippen molar-refractivity contribution in [3.63, 3.8) is 0 Å². The van der Waals surface area contributed by atoms with E-state index in [4.69, 9.17) is 28.4 Å². The van der Waals surface area contributed by atoms with Crippen LogP contribution in [0.4, 0.5) is 0 Å². The number of hydrogen-bond acceptors (Lipinski definition) is 15. The number of allylic oxidation sites excluding steroid dienone is 10. The summed E-state index contributed by atoms with van der Waals surface area (Å²) in [7, 11) is 0. The van der Waals surface area contributed by atoms with E-state index >= 15 is 0 Å². The Morgan fingerprint density at radius 1 is 0.548 bits per heavy atom. The summed E-state index contributed by atoms with van der Waals surface area (Å²) in [6.07, 6.45) is 20.0. The lowest BCUT2D eigenvalue weighted by molar-refractivity contribution is -0.332. The number of carbonyl (C=O) groups is 2. The first-order valence-electron chi connectivity index (χ1n) is 22.9. The van der Waals surface area contributed by atoms with Crippen LogP contribution in [0.25, 0.3) is 0 Å². The van der Waals surface area contributed by atoms with E-state index in [9.17, 15) is 45.3 Å². The Bertz CT molecular complexity index is 1320. The molecule has 2 rings (SSSR count). The number of aliphatic hydroxyl groups excluding tert-OH is 7. The predicted molar refractivity (Wildman–Crippen MR) is 233 cm³/mol. The third-order valence-corrected chi connectivity index (χ3v) is 10.6. The van der Waals surface area contributed by atoms with Crippen LogP contribution >= 0.6 is 0 Å². The first-order chi connectivity index (χ1) is 30.0. The summed E-state index contributed by atoms with van der Waals surface area (Å²) in [5.74, 6) is -1.04. The maximum absolute atomic E-state index is 12.9. The molecule has 2 fully saturated rings. The first-order valence-corrected chi connectivity index (χ1v) is 22.9. The normalized spacial score (nSPS) is 27.6. The van der Waals surface area contributed by atoms with Gasteiger partial charge in [-0.05, 0) is 51.4 Å². The smallest absolute Gasteiger partial charge is 0.306 e. The molecule has 2 aliphatic heterocycles. The van der Waals surface area contributed by atoms with Crippen molar-refractivity contribution in [3.8, 4) is 0 Å². The first kappa shape index (κ1) is 55.3. The summed E-state index contributed by atoms with van der Waals surface area (Å²) in [5.41, 5.74) is 0. The van der Waals surface area contributed by atoms with Gasteiger partial charge in [0, 0.05) is 12.8 Å². The van der Waals surface area contributed by atoms with Gasteiger partial charge in [0.15, 0.2) is 18.7 Å². The molecule has 356 valence electrons. The molecule has 0 spiro atoms.